The minimum Gasteiger partial charge on any atom is -0.416 e. The van der Waals surface area contributed by atoms with Crippen LogP contribution in [-0.4, -0.2) is 40.8 Å². The first-order chi connectivity index (χ1) is 12.0. The lowest BCUT2D eigenvalue weighted by atomic mass is 10.1. The Balaban J connectivity index is 1.82. The van der Waals surface area contributed by atoms with Crippen LogP contribution in [0, 0.1) is 0 Å². The third-order valence-electron chi connectivity index (χ3n) is 3.98. The highest BCUT2D eigenvalue weighted by molar-refractivity contribution is 7.54. The quantitative estimate of drug-likeness (QED) is 0.767. The standard InChI is InChI=1S/C18H21O6P/c1-13-17(19)18(20)16(22-13)12-25(21,23-14-8-4-2-5-9-14)24-15-10-6-3-7-11-15/h2-11,13,16-20H,12H2,1H3/t13-,16+,17?,18-/m0/s1. The molecule has 0 amide bonds. The van der Waals surface area contributed by atoms with Crippen molar-refractivity contribution < 1.29 is 28.6 Å². The van der Waals surface area contributed by atoms with Gasteiger partial charge < -0.3 is 24.0 Å². The number of ether oxygens (including phenoxy) is 1. The highest BCUT2D eigenvalue weighted by Crippen LogP contribution is 2.50. The highest BCUT2D eigenvalue weighted by atomic mass is 31.2. The van der Waals surface area contributed by atoms with Crippen LogP contribution in [-0.2, 0) is 9.30 Å². The zero-order valence-corrected chi connectivity index (χ0v) is 14.7. The number of hydrogen-bond acceptors (Lipinski definition) is 6. The second kappa shape index (κ2) is 7.58. The van der Waals surface area contributed by atoms with E-state index in [9.17, 15) is 14.8 Å². The molecule has 2 N–H and O–H groups in total. The molecule has 1 unspecified atom stereocenters. The average Bonchev–Trinajstić information content (AvgIpc) is 2.83. The first-order valence-corrected chi connectivity index (χ1v) is 9.79. The van der Waals surface area contributed by atoms with Crippen LogP contribution in [0.4, 0.5) is 0 Å². The number of hydrogen-bond donors (Lipinski definition) is 2. The lowest BCUT2D eigenvalue weighted by Gasteiger charge is -2.23. The number of para-hydroxylation sites is 2. The molecule has 0 saturated carbocycles. The third-order valence-corrected chi connectivity index (χ3v) is 5.77. The second-order valence-corrected chi connectivity index (χ2v) is 7.92. The molecule has 1 aliphatic rings. The van der Waals surface area contributed by atoms with Crippen molar-refractivity contribution in [3.63, 3.8) is 0 Å². The van der Waals surface area contributed by atoms with Crippen molar-refractivity contribution in [2.24, 2.45) is 0 Å². The number of rotatable bonds is 6. The topological polar surface area (TPSA) is 85.2 Å². The molecule has 1 fully saturated rings. The number of aliphatic hydroxyl groups is 2. The van der Waals surface area contributed by atoms with Gasteiger partial charge in [0, 0.05) is 0 Å². The van der Waals surface area contributed by atoms with E-state index >= 15 is 0 Å². The van der Waals surface area contributed by atoms with Gasteiger partial charge in [0.25, 0.3) is 0 Å². The SMILES string of the molecule is C[C@@H]1O[C@H](CP(=O)(Oc2ccccc2)Oc2ccccc2)[C@H](O)C1O. The van der Waals surface area contributed by atoms with Crippen molar-refractivity contribution in [3.05, 3.63) is 60.7 Å². The monoisotopic (exact) mass is 364 g/mol. The summed E-state index contributed by atoms with van der Waals surface area (Å²) >= 11 is 0. The minimum atomic E-state index is -3.70. The first-order valence-electron chi connectivity index (χ1n) is 8.07. The molecule has 7 heteroatoms. The third kappa shape index (κ3) is 4.41. The van der Waals surface area contributed by atoms with Gasteiger partial charge in [0.05, 0.1) is 6.10 Å². The Labute approximate surface area is 146 Å². The molecular weight excluding hydrogens is 343 g/mol. The Morgan fingerprint density at radius 3 is 1.80 bits per heavy atom. The van der Waals surface area contributed by atoms with Crippen molar-refractivity contribution in [3.8, 4) is 11.5 Å². The summed E-state index contributed by atoms with van der Waals surface area (Å²) in [6.07, 6.45) is -3.77. The molecule has 1 saturated heterocycles. The van der Waals surface area contributed by atoms with Gasteiger partial charge in [-0.15, -0.1) is 0 Å². The molecule has 0 radical (unpaired) electrons. The molecular formula is C18H21O6P. The van der Waals surface area contributed by atoms with Crippen molar-refractivity contribution in [1.82, 2.24) is 0 Å². The van der Waals surface area contributed by atoms with Crippen LogP contribution < -0.4 is 9.05 Å². The van der Waals surface area contributed by atoms with E-state index in [1.54, 1.807) is 55.5 Å². The smallest absolute Gasteiger partial charge is 0.416 e. The lowest BCUT2D eigenvalue weighted by Crippen LogP contribution is -2.34. The van der Waals surface area contributed by atoms with Crippen molar-refractivity contribution in [1.29, 1.82) is 0 Å². The fourth-order valence-electron chi connectivity index (χ4n) is 2.68. The van der Waals surface area contributed by atoms with Gasteiger partial charge in [-0.3, -0.25) is 0 Å². The minimum absolute atomic E-state index is 0.181. The molecule has 1 aliphatic heterocycles. The van der Waals surface area contributed by atoms with E-state index in [1.165, 1.54) is 0 Å². The lowest BCUT2D eigenvalue weighted by molar-refractivity contribution is 0.0279. The Bertz CT molecular complexity index is 677. The number of aliphatic hydroxyl groups excluding tert-OH is 2. The maximum absolute atomic E-state index is 13.3. The summed E-state index contributed by atoms with van der Waals surface area (Å²) in [5.74, 6) is 0.783. The maximum atomic E-state index is 13.3. The van der Waals surface area contributed by atoms with Crippen LogP contribution in [0.2, 0.25) is 0 Å². The van der Waals surface area contributed by atoms with Gasteiger partial charge in [-0.1, -0.05) is 36.4 Å². The molecule has 25 heavy (non-hydrogen) atoms. The fraction of sp³-hybridized carbons (Fsp3) is 0.333. The van der Waals surface area contributed by atoms with E-state index < -0.39 is 32.0 Å². The summed E-state index contributed by atoms with van der Waals surface area (Å²) in [6.45, 7) is 1.65. The van der Waals surface area contributed by atoms with Gasteiger partial charge in [-0.2, -0.15) is 0 Å². The molecule has 4 atom stereocenters. The van der Waals surface area contributed by atoms with Crippen LogP contribution in [0.3, 0.4) is 0 Å². The molecule has 0 bridgehead atoms. The highest BCUT2D eigenvalue weighted by Gasteiger charge is 2.45. The van der Waals surface area contributed by atoms with Crippen LogP contribution in [0.5, 0.6) is 11.5 Å². The molecule has 2 aromatic carbocycles. The fourth-order valence-corrected chi connectivity index (χ4v) is 4.50. The van der Waals surface area contributed by atoms with Gasteiger partial charge in [0.1, 0.15) is 36.0 Å². The Hall–Kier alpha value is -1.85. The second-order valence-electron chi connectivity index (χ2n) is 5.96. The Kier molecular flexibility index (Phi) is 5.45. The first kappa shape index (κ1) is 18.0. The summed E-state index contributed by atoms with van der Waals surface area (Å²) in [7, 11) is -3.70. The predicted octanol–water partition coefficient (Wildman–Crippen LogP) is 2.85. The van der Waals surface area contributed by atoms with Gasteiger partial charge in [0.15, 0.2) is 0 Å². The Morgan fingerprint density at radius 1 is 0.920 bits per heavy atom. The molecule has 2 aromatic rings. The van der Waals surface area contributed by atoms with E-state index in [4.69, 9.17) is 13.8 Å². The van der Waals surface area contributed by atoms with Crippen LogP contribution in [0.15, 0.2) is 60.7 Å². The molecule has 0 spiro atoms. The predicted molar refractivity (Wildman–Crippen MR) is 93.0 cm³/mol. The summed E-state index contributed by atoms with van der Waals surface area (Å²) in [5.41, 5.74) is 0. The summed E-state index contributed by atoms with van der Waals surface area (Å²) in [5, 5.41) is 20.0. The van der Waals surface area contributed by atoms with E-state index in [2.05, 4.69) is 0 Å². The molecule has 6 nitrogen and oxygen atoms in total. The molecule has 1 heterocycles. The van der Waals surface area contributed by atoms with E-state index in [1.807, 2.05) is 12.1 Å². The van der Waals surface area contributed by atoms with Gasteiger partial charge >= 0.3 is 7.60 Å². The summed E-state index contributed by atoms with van der Waals surface area (Å²) in [6, 6.07) is 17.4. The van der Waals surface area contributed by atoms with E-state index in [-0.39, 0.29) is 6.16 Å². The van der Waals surface area contributed by atoms with Gasteiger partial charge in [-0.05, 0) is 31.2 Å². The maximum Gasteiger partial charge on any atom is 0.433 e. The molecule has 0 aliphatic carbocycles. The van der Waals surface area contributed by atoms with Crippen molar-refractivity contribution in [2.75, 3.05) is 6.16 Å². The van der Waals surface area contributed by atoms with E-state index in [0.29, 0.717) is 11.5 Å². The normalized spacial score (nSPS) is 26.4. The number of benzene rings is 2. The zero-order valence-electron chi connectivity index (χ0n) is 13.8. The molecule has 0 aromatic heterocycles. The van der Waals surface area contributed by atoms with Crippen LogP contribution in [0.1, 0.15) is 6.92 Å². The largest absolute Gasteiger partial charge is 0.433 e. The molecule has 3 rings (SSSR count). The van der Waals surface area contributed by atoms with Crippen LogP contribution >= 0.6 is 7.60 Å². The van der Waals surface area contributed by atoms with E-state index in [0.717, 1.165) is 0 Å². The Morgan fingerprint density at radius 2 is 1.40 bits per heavy atom. The van der Waals surface area contributed by atoms with Gasteiger partial charge in [-0.25, -0.2) is 4.57 Å². The average molecular weight is 364 g/mol. The van der Waals surface area contributed by atoms with Crippen molar-refractivity contribution >= 4 is 7.60 Å². The zero-order chi connectivity index (χ0) is 17.9. The molecule has 134 valence electrons. The summed E-state index contributed by atoms with van der Waals surface area (Å²) < 4.78 is 30.2. The van der Waals surface area contributed by atoms with Gasteiger partial charge in [0.2, 0.25) is 0 Å². The van der Waals surface area contributed by atoms with Crippen LogP contribution in [0.25, 0.3) is 0 Å². The van der Waals surface area contributed by atoms with Crippen molar-refractivity contribution in [2.45, 2.75) is 31.3 Å². The summed E-state index contributed by atoms with van der Waals surface area (Å²) in [4.78, 5) is 0.